The number of aromatic nitrogens is 3. The lowest BCUT2D eigenvalue weighted by Crippen LogP contribution is -1.93. The Morgan fingerprint density at radius 1 is 1.18 bits per heavy atom. The largest absolute Gasteiger partial charge is 0.225 e. The van der Waals surface area contributed by atoms with E-state index in [2.05, 4.69) is 32.7 Å². The first kappa shape index (κ1) is 11.7. The smallest absolute Gasteiger partial charge is 0.155 e. The van der Waals surface area contributed by atoms with Gasteiger partial charge in [0.25, 0.3) is 0 Å². The molecule has 0 bridgehead atoms. The molecule has 3 heterocycles. The Bertz CT molecular complexity index is 707. The maximum absolute atomic E-state index is 5.93. The number of halogens is 3. The Balaban J connectivity index is 2.27. The summed E-state index contributed by atoms with van der Waals surface area (Å²) in [4.78, 5) is 5.55. The summed E-state index contributed by atoms with van der Waals surface area (Å²) in [5, 5.41) is 4.66. The molecule has 3 rings (SSSR count). The molecule has 0 aliphatic carbocycles. The molecule has 0 saturated heterocycles. The van der Waals surface area contributed by atoms with Crippen LogP contribution in [0.1, 0.15) is 0 Å². The minimum absolute atomic E-state index is 0.448. The quantitative estimate of drug-likeness (QED) is 0.572. The van der Waals surface area contributed by atoms with E-state index in [0.717, 1.165) is 24.3 Å². The summed E-state index contributed by atoms with van der Waals surface area (Å²) in [6.07, 6.45) is 0. The molecule has 0 saturated carbocycles. The van der Waals surface area contributed by atoms with Gasteiger partial charge in [0.05, 0.1) is 9.21 Å². The molecule has 0 spiro atoms. The minimum atomic E-state index is 0.448. The fourth-order valence-corrected chi connectivity index (χ4v) is 3.60. The number of thiophene rings is 1. The van der Waals surface area contributed by atoms with E-state index in [1.807, 2.05) is 18.2 Å². The maximum Gasteiger partial charge on any atom is 0.155 e. The summed E-state index contributed by atoms with van der Waals surface area (Å²) in [5.41, 5.74) is 1.66. The molecule has 0 aliphatic heterocycles. The zero-order valence-electron chi connectivity index (χ0n) is 8.19. The molecule has 3 aromatic heterocycles. The first-order valence-corrected chi connectivity index (χ1v) is 7.27. The molecule has 0 N–H and O–H groups in total. The highest BCUT2D eigenvalue weighted by Gasteiger charge is 2.14. The zero-order chi connectivity index (χ0) is 12.0. The van der Waals surface area contributed by atoms with Gasteiger partial charge in [-0.05, 0) is 46.9 Å². The summed E-state index contributed by atoms with van der Waals surface area (Å²) in [6.45, 7) is 0. The van der Waals surface area contributed by atoms with Crippen molar-refractivity contribution in [2.75, 3.05) is 0 Å². The van der Waals surface area contributed by atoms with E-state index in [9.17, 15) is 0 Å². The van der Waals surface area contributed by atoms with Gasteiger partial charge in [0.15, 0.2) is 5.65 Å². The molecule has 7 heteroatoms. The fraction of sp³-hybridized carbons (Fsp3) is 0. The van der Waals surface area contributed by atoms with Crippen LogP contribution in [0.3, 0.4) is 0 Å². The molecule has 0 atom stereocenters. The van der Waals surface area contributed by atoms with Gasteiger partial charge in [-0.2, -0.15) is 5.10 Å². The molecule has 17 heavy (non-hydrogen) atoms. The monoisotopic (exact) mass is 395 g/mol. The highest BCUT2D eigenvalue weighted by molar-refractivity contribution is 14.1. The van der Waals surface area contributed by atoms with E-state index in [0.29, 0.717) is 5.15 Å². The predicted octanol–water partition coefficient (Wildman–Crippen LogP) is 4.37. The highest BCUT2D eigenvalue weighted by Crippen LogP contribution is 2.33. The first-order chi connectivity index (χ1) is 8.15. The number of imidazole rings is 1. The second-order valence-electron chi connectivity index (χ2n) is 3.28. The standard InChI is InChI=1S/C10H4Cl2IN3S/c11-6-2-4-8-14-9(10(13)16(8)15-6)5-1-3-7(12)17-5/h1-4H. The Labute approximate surface area is 125 Å². The summed E-state index contributed by atoms with van der Waals surface area (Å²) >= 11 is 15.5. The Morgan fingerprint density at radius 3 is 2.71 bits per heavy atom. The molecule has 3 aromatic rings. The van der Waals surface area contributed by atoms with Crippen LogP contribution in [0.2, 0.25) is 9.49 Å². The van der Waals surface area contributed by atoms with Crippen molar-refractivity contribution in [3.05, 3.63) is 37.5 Å². The van der Waals surface area contributed by atoms with Crippen LogP contribution in [0.4, 0.5) is 0 Å². The lowest BCUT2D eigenvalue weighted by Gasteiger charge is -1.94. The molecule has 0 amide bonds. The third-order valence-electron chi connectivity index (χ3n) is 2.20. The Kier molecular flexibility index (Phi) is 3.02. The van der Waals surface area contributed by atoms with Crippen LogP contribution in [-0.2, 0) is 0 Å². The maximum atomic E-state index is 5.93. The summed E-state index contributed by atoms with van der Waals surface area (Å²) in [7, 11) is 0. The van der Waals surface area contributed by atoms with E-state index >= 15 is 0 Å². The molecular formula is C10H4Cl2IN3S. The van der Waals surface area contributed by atoms with Gasteiger partial charge in [-0.25, -0.2) is 9.50 Å². The van der Waals surface area contributed by atoms with E-state index in [1.165, 1.54) is 11.3 Å². The molecule has 86 valence electrons. The second kappa shape index (κ2) is 4.38. The van der Waals surface area contributed by atoms with Gasteiger partial charge >= 0.3 is 0 Å². The fourth-order valence-electron chi connectivity index (χ4n) is 1.48. The third kappa shape index (κ3) is 2.05. The van der Waals surface area contributed by atoms with Crippen LogP contribution in [0, 0.1) is 3.70 Å². The van der Waals surface area contributed by atoms with Crippen LogP contribution in [0.25, 0.3) is 16.2 Å². The Morgan fingerprint density at radius 2 is 2.00 bits per heavy atom. The third-order valence-corrected chi connectivity index (χ3v) is 4.60. The van der Waals surface area contributed by atoms with Gasteiger partial charge in [0, 0.05) is 0 Å². The number of hydrogen-bond acceptors (Lipinski definition) is 3. The molecule has 0 fully saturated rings. The van der Waals surface area contributed by atoms with Crippen LogP contribution in [-0.4, -0.2) is 14.6 Å². The molecule has 0 aromatic carbocycles. The van der Waals surface area contributed by atoms with E-state index in [1.54, 1.807) is 10.6 Å². The molecule has 3 nitrogen and oxygen atoms in total. The van der Waals surface area contributed by atoms with Crippen molar-refractivity contribution in [2.45, 2.75) is 0 Å². The van der Waals surface area contributed by atoms with E-state index in [-0.39, 0.29) is 0 Å². The van der Waals surface area contributed by atoms with Crippen molar-refractivity contribution in [3.8, 4) is 10.6 Å². The van der Waals surface area contributed by atoms with Gasteiger partial charge in [-0.15, -0.1) is 11.3 Å². The van der Waals surface area contributed by atoms with Gasteiger partial charge in [0.2, 0.25) is 0 Å². The lowest BCUT2D eigenvalue weighted by molar-refractivity contribution is 0.915. The average Bonchev–Trinajstić information content (AvgIpc) is 2.84. The summed E-state index contributed by atoms with van der Waals surface area (Å²) < 4.78 is 3.41. The van der Waals surface area contributed by atoms with Crippen molar-refractivity contribution in [2.24, 2.45) is 0 Å². The number of rotatable bonds is 1. The van der Waals surface area contributed by atoms with Crippen molar-refractivity contribution in [3.63, 3.8) is 0 Å². The average molecular weight is 396 g/mol. The van der Waals surface area contributed by atoms with Crippen LogP contribution in [0.5, 0.6) is 0 Å². The van der Waals surface area contributed by atoms with Gasteiger partial charge in [-0.3, -0.25) is 0 Å². The summed E-state index contributed by atoms with van der Waals surface area (Å²) in [6, 6.07) is 7.39. The number of hydrogen-bond donors (Lipinski definition) is 0. The Hall–Kier alpha value is -0.370. The zero-order valence-corrected chi connectivity index (χ0v) is 12.7. The SMILES string of the molecule is Clc1ccc2nc(-c3ccc(Cl)s3)c(I)n2n1. The molecule has 0 aliphatic rings. The highest BCUT2D eigenvalue weighted by atomic mass is 127. The normalized spacial score (nSPS) is 11.2. The minimum Gasteiger partial charge on any atom is -0.225 e. The second-order valence-corrected chi connectivity index (χ2v) is 6.41. The number of fused-ring (bicyclic) bond motifs is 1. The predicted molar refractivity (Wildman–Crippen MR) is 79.0 cm³/mol. The molecule has 0 radical (unpaired) electrons. The van der Waals surface area contributed by atoms with Crippen LogP contribution in [0.15, 0.2) is 24.3 Å². The molecular weight excluding hydrogens is 392 g/mol. The van der Waals surface area contributed by atoms with Crippen molar-refractivity contribution < 1.29 is 0 Å². The first-order valence-electron chi connectivity index (χ1n) is 4.61. The van der Waals surface area contributed by atoms with Gasteiger partial charge in [-0.1, -0.05) is 23.2 Å². The summed E-state index contributed by atoms with van der Waals surface area (Å²) in [5.74, 6) is 0. The van der Waals surface area contributed by atoms with E-state index in [4.69, 9.17) is 23.2 Å². The van der Waals surface area contributed by atoms with Gasteiger partial charge in [0.1, 0.15) is 14.5 Å². The number of nitrogens with zero attached hydrogens (tertiary/aromatic N) is 3. The van der Waals surface area contributed by atoms with Crippen molar-refractivity contribution >= 4 is 62.8 Å². The van der Waals surface area contributed by atoms with Crippen molar-refractivity contribution in [1.29, 1.82) is 0 Å². The lowest BCUT2D eigenvalue weighted by atomic mass is 10.4. The van der Waals surface area contributed by atoms with Crippen LogP contribution >= 0.6 is 57.1 Å². The van der Waals surface area contributed by atoms with Crippen LogP contribution < -0.4 is 0 Å². The van der Waals surface area contributed by atoms with E-state index < -0.39 is 0 Å². The molecule has 0 unspecified atom stereocenters. The topological polar surface area (TPSA) is 30.2 Å². The van der Waals surface area contributed by atoms with Gasteiger partial charge < -0.3 is 0 Å². The van der Waals surface area contributed by atoms with Crippen molar-refractivity contribution in [1.82, 2.24) is 14.6 Å².